The Hall–Kier alpha value is -1.73. The molecule has 0 aliphatic carbocycles. The normalized spacial score (nSPS) is 8.36. The van der Waals surface area contributed by atoms with Gasteiger partial charge >= 0.3 is 0 Å². The molecule has 3 heteroatoms. The van der Waals surface area contributed by atoms with Gasteiger partial charge < -0.3 is 0 Å². The lowest BCUT2D eigenvalue weighted by atomic mass is 10.2. The van der Waals surface area contributed by atoms with Crippen LogP contribution in [0.3, 0.4) is 0 Å². The van der Waals surface area contributed by atoms with Crippen molar-refractivity contribution in [2.24, 2.45) is 4.99 Å². The van der Waals surface area contributed by atoms with E-state index in [9.17, 15) is 9.59 Å². The molecule has 0 saturated carbocycles. The van der Waals surface area contributed by atoms with E-state index >= 15 is 0 Å². The average molecular weight is 147 g/mol. The third-order valence-electron chi connectivity index (χ3n) is 1.20. The fraction of sp³-hybridized carbons (Fsp3) is 0. The highest BCUT2D eigenvalue weighted by Gasteiger charge is 1.89. The summed E-state index contributed by atoms with van der Waals surface area (Å²) in [6.45, 7) is 0. The summed E-state index contributed by atoms with van der Waals surface area (Å²) in [5.41, 5.74) is 1.07. The van der Waals surface area contributed by atoms with Crippen molar-refractivity contribution in [2.75, 3.05) is 0 Å². The Bertz CT molecular complexity index is 296. The van der Waals surface area contributed by atoms with Crippen LogP contribution >= 0.6 is 0 Å². The van der Waals surface area contributed by atoms with Crippen molar-refractivity contribution in [3.8, 4) is 0 Å². The SMILES string of the molecule is O=C=Nc1ccc(C=O)cc1. The Morgan fingerprint density at radius 3 is 2.36 bits per heavy atom. The third kappa shape index (κ3) is 1.85. The third-order valence-corrected chi connectivity index (χ3v) is 1.20. The van der Waals surface area contributed by atoms with Crippen molar-refractivity contribution in [1.82, 2.24) is 0 Å². The maximum Gasteiger partial charge on any atom is 0.240 e. The van der Waals surface area contributed by atoms with Crippen molar-refractivity contribution < 1.29 is 9.59 Å². The van der Waals surface area contributed by atoms with Gasteiger partial charge in [0.1, 0.15) is 6.29 Å². The molecule has 0 aliphatic rings. The van der Waals surface area contributed by atoms with E-state index in [1.165, 1.54) is 6.08 Å². The van der Waals surface area contributed by atoms with Crippen molar-refractivity contribution in [3.05, 3.63) is 29.8 Å². The summed E-state index contributed by atoms with van der Waals surface area (Å²) in [5, 5.41) is 0. The minimum Gasteiger partial charge on any atom is -0.298 e. The van der Waals surface area contributed by atoms with Gasteiger partial charge in [0.15, 0.2) is 0 Å². The molecule has 0 fully saturated rings. The van der Waals surface area contributed by atoms with Crippen molar-refractivity contribution in [3.63, 3.8) is 0 Å². The molecule has 54 valence electrons. The molecule has 0 N–H and O–H groups in total. The van der Waals surface area contributed by atoms with E-state index in [1.54, 1.807) is 24.3 Å². The van der Waals surface area contributed by atoms with Gasteiger partial charge in [-0.1, -0.05) is 0 Å². The van der Waals surface area contributed by atoms with Gasteiger partial charge in [-0.25, -0.2) is 4.79 Å². The number of carbonyl (C=O) groups is 1. The Morgan fingerprint density at radius 1 is 1.27 bits per heavy atom. The number of nitrogens with zero attached hydrogens (tertiary/aromatic N) is 1. The smallest absolute Gasteiger partial charge is 0.240 e. The number of rotatable bonds is 2. The second kappa shape index (κ2) is 3.44. The number of isocyanates is 1. The maximum atomic E-state index is 10.2. The summed E-state index contributed by atoms with van der Waals surface area (Å²) in [4.78, 5) is 23.3. The lowest BCUT2D eigenvalue weighted by Crippen LogP contribution is -1.75. The summed E-state index contributed by atoms with van der Waals surface area (Å²) >= 11 is 0. The van der Waals surface area contributed by atoms with Crippen molar-refractivity contribution >= 4 is 18.1 Å². The molecule has 0 spiro atoms. The molecule has 0 bridgehead atoms. The van der Waals surface area contributed by atoms with Crippen LogP contribution in [0.1, 0.15) is 10.4 Å². The number of hydrogen-bond donors (Lipinski definition) is 0. The van der Waals surface area contributed by atoms with E-state index < -0.39 is 0 Å². The van der Waals surface area contributed by atoms with Gasteiger partial charge in [-0.05, 0) is 24.3 Å². The van der Waals surface area contributed by atoms with Gasteiger partial charge in [-0.3, -0.25) is 4.79 Å². The van der Waals surface area contributed by atoms with Crippen LogP contribution in [0.25, 0.3) is 0 Å². The first-order valence-electron chi connectivity index (χ1n) is 3.00. The first-order valence-corrected chi connectivity index (χ1v) is 3.00. The molecule has 0 heterocycles. The Balaban J connectivity index is 2.99. The average Bonchev–Trinajstić information content (AvgIpc) is 2.07. The van der Waals surface area contributed by atoms with Gasteiger partial charge in [0.2, 0.25) is 6.08 Å². The summed E-state index contributed by atoms with van der Waals surface area (Å²) in [5.74, 6) is 0. The number of aliphatic imine (C=N–C) groups is 1. The second-order valence-corrected chi connectivity index (χ2v) is 1.91. The molecule has 1 aromatic carbocycles. The number of aldehydes is 1. The second-order valence-electron chi connectivity index (χ2n) is 1.91. The van der Waals surface area contributed by atoms with Gasteiger partial charge in [0, 0.05) is 5.56 Å². The Labute approximate surface area is 63.4 Å². The fourth-order valence-electron chi connectivity index (χ4n) is 0.680. The maximum absolute atomic E-state index is 10.2. The summed E-state index contributed by atoms with van der Waals surface area (Å²) in [7, 11) is 0. The van der Waals surface area contributed by atoms with Gasteiger partial charge in [0.05, 0.1) is 5.69 Å². The van der Waals surface area contributed by atoms with Crippen LogP contribution in [0.4, 0.5) is 5.69 Å². The van der Waals surface area contributed by atoms with Crippen LogP contribution in [-0.4, -0.2) is 12.4 Å². The van der Waals surface area contributed by atoms with E-state index in [2.05, 4.69) is 4.99 Å². The summed E-state index contributed by atoms with van der Waals surface area (Å²) < 4.78 is 0. The molecule has 0 aliphatic heterocycles. The molecule has 11 heavy (non-hydrogen) atoms. The number of carbonyl (C=O) groups excluding carboxylic acids is 2. The largest absolute Gasteiger partial charge is 0.298 e. The van der Waals surface area contributed by atoms with E-state index in [0.29, 0.717) is 11.3 Å². The van der Waals surface area contributed by atoms with Crippen LogP contribution in [-0.2, 0) is 4.79 Å². The van der Waals surface area contributed by atoms with Crippen molar-refractivity contribution in [1.29, 1.82) is 0 Å². The highest BCUT2D eigenvalue weighted by Crippen LogP contribution is 2.10. The Morgan fingerprint density at radius 2 is 1.91 bits per heavy atom. The van der Waals surface area contributed by atoms with E-state index in [4.69, 9.17) is 0 Å². The standard InChI is InChI=1S/C8H5NO2/c10-5-7-1-3-8(4-2-7)9-6-11/h1-5H. The van der Waals surface area contributed by atoms with Gasteiger partial charge in [-0.15, -0.1) is 0 Å². The number of benzene rings is 1. The first kappa shape index (κ1) is 7.38. The highest BCUT2D eigenvalue weighted by molar-refractivity contribution is 5.75. The minimum absolute atomic E-state index is 0.505. The van der Waals surface area contributed by atoms with Crippen LogP contribution in [0.2, 0.25) is 0 Å². The van der Waals surface area contributed by atoms with E-state index in [-0.39, 0.29) is 0 Å². The lowest BCUT2D eigenvalue weighted by Gasteiger charge is -1.89. The van der Waals surface area contributed by atoms with Crippen LogP contribution < -0.4 is 0 Å². The van der Waals surface area contributed by atoms with Gasteiger partial charge in [-0.2, -0.15) is 4.99 Å². The molecule has 0 aromatic heterocycles. The molecule has 0 saturated heterocycles. The zero-order valence-electron chi connectivity index (χ0n) is 5.65. The van der Waals surface area contributed by atoms with E-state index in [1.807, 2.05) is 0 Å². The van der Waals surface area contributed by atoms with Gasteiger partial charge in [0.25, 0.3) is 0 Å². The van der Waals surface area contributed by atoms with Crippen LogP contribution in [0.15, 0.2) is 29.3 Å². The molecule has 0 amide bonds. The predicted octanol–water partition coefficient (Wildman–Crippen LogP) is 1.47. The van der Waals surface area contributed by atoms with E-state index in [0.717, 1.165) is 6.29 Å². The highest BCUT2D eigenvalue weighted by atomic mass is 16.1. The minimum atomic E-state index is 0.505. The summed E-state index contributed by atoms with van der Waals surface area (Å²) in [6.07, 6.45) is 2.14. The van der Waals surface area contributed by atoms with Crippen molar-refractivity contribution in [2.45, 2.75) is 0 Å². The molecular formula is C8H5NO2. The number of hydrogen-bond acceptors (Lipinski definition) is 3. The summed E-state index contributed by atoms with van der Waals surface area (Å²) in [6, 6.07) is 6.33. The molecule has 1 rings (SSSR count). The quantitative estimate of drug-likeness (QED) is 0.361. The topological polar surface area (TPSA) is 46.5 Å². The molecule has 0 radical (unpaired) electrons. The lowest BCUT2D eigenvalue weighted by molar-refractivity contribution is 0.112. The van der Waals surface area contributed by atoms with Crippen LogP contribution in [0.5, 0.6) is 0 Å². The zero-order chi connectivity index (χ0) is 8.10. The molecule has 0 atom stereocenters. The predicted molar refractivity (Wildman–Crippen MR) is 39.6 cm³/mol. The first-order chi connectivity index (χ1) is 5.36. The molecule has 0 unspecified atom stereocenters. The molecule has 1 aromatic rings. The monoisotopic (exact) mass is 147 g/mol. The molecular weight excluding hydrogens is 142 g/mol. The Kier molecular flexibility index (Phi) is 2.31. The molecule has 3 nitrogen and oxygen atoms in total. The van der Waals surface area contributed by atoms with Crippen LogP contribution in [0, 0.1) is 0 Å². The zero-order valence-corrected chi connectivity index (χ0v) is 5.65. The fourth-order valence-corrected chi connectivity index (χ4v) is 0.680.